The number of carbonyl (C=O) groups excluding carboxylic acids is 4. The second kappa shape index (κ2) is 11.1. The van der Waals surface area contributed by atoms with Crippen LogP contribution in [0.1, 0.15) is 32.1 Å². The number of nitrogens with zero attached hydrogens (tertiary/aromatic N) is 1. The second-order valence-corrected chi connectivity index (χ2v) is 10.2. The standard InChI is InChI=1S/C24H28Cl2FN3O5/c25-15-4-5-20(17(26)9-15)35-12-21(32)30-11-14-2-1-3-16(14)22(30)24(34)29-18(19(31)10-27)8-13-6-7-28-23(13)33/h4-5,9,13-14,16,18,22H,1-3,6-8,10-12H2,(H,28,33)(H,29,34)/t13-,14-,16-,18-,22?/m0/s1. The van der Waals surface area contributed by atoms with E-state index in [1.165, 1.54) is 11.0 Å². The molecular formula is C24H28Cl2FN3O5. The van der Waals surface area contributed by atoms with Gasteiger partial charge in [-0.25, -0.2) is 4.39 Å². The molecule has 0 radical (unpaired) electrons. The van der Waals surface area contributed by atoms with Gasteiger partial charge in [-0.3, -0.25) is 19.2 Å². The Labute approximate surface area is 212 Å². The van der Waals surface area contributed by atoms with E-state index in [9.17, 15) is 23.6 Å². The average Bonchev–Trinajstić information content (AvgIpc) is 3.53. The number of hydrogen-bond donors (Lipinski definition) is 2. The molecule has 2 N–H and O–H groups in total. The summed E-state index contributed by atoms with van der Waals surface area (Å²) in [5.74, 6) is -1.91. The van der Waals surface area contributed by atoms with Crippen LogP contribution in [0.2, 0.25) is 10.0 Å². The van der Waals surface area contributed by atoms with Gasteiger partial charge in [0.05, 0.1) is 11.1 Å². The molecule has 0 spiro atoms. The van der Waals surface area contributed by atoms with Crippen molar-refractivity contribution in [3.05, 3.63) is 28.2 Å². The van der Waals surface area contributed by atoms with Gasteiger partial charge >= 0.3 is 0 Å². The molecule has 1 unspecified atom stereocenters. The number of hydrogen-bond acceptors (Lipinski definition) is 5. The largest absolute Gasteiger partial charge is 0.482 e. The van der Waals surface area contributed by atoms with Gasteiger partial charge < -0.3 is 20.3 Å². The molecule has 5 atom stereocenters. The van der Waals surface area contributed by atoms with E-state index in [0.29, 0.717) is 30.3 Å². The van der Waals surface area contributed by atoms with Gasteiger partial charge in [0.2, 0.25) is 11.8 Å². The summed E-state index contributed by atoms with van der Waals surface area (Å²) < 4.78 is 18.9. The molecule has 1 aromatic rings. The maximum atomic E-state index is 13.4. The van der Waals surface area contributed by atoms with Crippen LogP contribution in [-0.4, -0.2) is 66.9 Å². The topological polar surface area (TPSA) is 105 Å². The third kappa shape index (κ3) is 5.72. The van der Waals surface area contributed by atoms with Gasteiger partial charge in [-0.05, 0) is 55.7 Å². The molecule has 1 aliphatic carbocycles. The van der Waals surface area contributed by atoms with Gasteiger partial charge in [0, 0.05) is 24.0 Å². The fraction of sp³-hybridized carbons (Fsp3) is 0.583. The van der Waals surface area contributed by atoms with E-state index in [1.807, 2.05) is 0 Å². The van der Waals surface area contributed by atoms with Gasteiger partial charge in [-0.1, -0.05) is 29.6 Å². The number of carbonyl (C=O) groups is 4. The lowest BCUT2D eigenvalue weighted by Gasteiger charge is -2.29. The van der Waals surface area contributed by atoms with E-state index >= 15 is 0 Å². The molecule has 3 amide bonds. The maximum absolute atomic E-state index is 13.4. The van der Waals surface area contributed by atoms with E-state index in [4.69, 9.17) is 27.9 Å². The lowest BCUT2D eigenvalue weighted by Crippen LogP contribution is -2.54. The van der Waals surface area contributed by atoms with Crippen LogP contribution in [0, 0.1) is 17.8 Å². The van der Waals surface area contributed by atoms with Crippen molar-refractivity contribution in [1.82, 2.24) is 15.5 Å². The highest BCUT2D eigenvalue weighted by molar-refractivity contribution is 6.35. The maximum Gasteiger partial charge on any atom is 0.261 e. The van der Waals surface area contributed by atoms with E-state index in [1.54, 1.807) is 12.1 Å². The monoisotopic (exact) mass is 527 g/mol. The smallest absolute Gasteiger partial charge is 0.261 e. The lowest BCUT2D eigenvalue weighted by molar-refractivity contribution is -0.142. The van der Waals surface area contributed by atoms with Crippen molar-refractivity contribution in [2.75, 3.05) is 26.4 Å². The SMILES string of the molecule is O=C(N[C@@H](C[C@@H]1CCNC1=O)C(=O)CF)C1[C@H]2CCC[C@H]2CN1C(=O)COc1ccc(Cl)cc1Cl. The number of nitrogens with one attached hydrogen (secondary N) is 2. The first kappa shape index (κ1) is 25.7. The zero-order valence-corrected chi connectivity index (χ0v) is 20.6. The average molecular weight is 528 g/mol. The van der Waals surface area contributed by atoms with Gasteiger partial charge in [-0.15, -0.1) is 0 Å². The van der Waals surface area contributed by atoms with Gasteiger partial charge in [0.25, 0.3) is 5.91 Å². The van der Waals surface area contributed by atoms with Crippen LogP contribution in [0.15, 0.2) is 18.2 Å². The minimum atomic E-state index is -1.24. The fourth-order valence-electron chi connectivity index (χ4n) is 5.49. The van der Waals surface area contributed by atoms with Crippen molar-refractivity contribution >= 4 is 46.7 Å². The molecule has 2 heterocycles. The quantitative estimate of drug-likeness (QED) is 0.513. The molecular weight excluding hydrogens is 500 g/mol. The Balaban J connectivity index is 1.46. The number of Topliss-reactive ketones (excluding diaryl/α,β-unsaturated/α-hetero) is 1. The van der Waals surface area contributed by atoms with E-state index in [-0.39, 0.29) is 41.7 Å². The minimum absolute atomic E-state index is 0.0350. The van der Waals surface area contributed by atoms with Crippen LogP contribution in [0.4, 0.5) is 4.39 Å². The number of halogens is 3. The Morgan fingerprint density at radius 3 is 2.71 bits per heavy atom. The molecule has 1 aromatic carbocycles. The zero-order chi connectivity index (χ0) is 25.1. The Morgan fingerprint density at radius 2 is 2.03 bits per heavy atom. The fourth-order valence-corrected chi connectivity index (χ4v) is 5.95. The van der Waals surface area contributed by atoms with Crippen molar-refractivity contribution in [2.45, 2.75) is 44.2 Å². The molecule has 1 saturated carbocycles. The van der Waals surface area contributed by atoms with E-state index in [2.05, 4.69) is 10.6 Å². The lowest BCUT2D eigenvalue weighted by atomic mass is 9.92. The minimum Gasteiger partial charge on any atom is -0.482 e. The Hall–Kier alpha value is -2.39. The van der Waals surface area contributed by atoms with Crippen LogP contribution < -0.4 is 15.4 Å². The molecule has 0 aromatic heterocycles. The van der Waals surface area contributed by atoms with Crippen LogP contribution in [0.25, 0.3) is 0 Å². The molecule has 11 heteroatoms. The molecule has 3 aliphatic rings. The number of likely N-dealkylation sites (tertiary alicyclic amines) is 1. The predicted octanol–water partition coefficient (Wildman–Crippen LogP) is 2.55. The molecule has 0 bridgehead atoms. The molecule has 3 fully saturated rings. The summed E-state index contributed by atoms with van der Waals surface area (Å²) >= 11 is 12.0. The molecule has 2 saturated heterocycles. The van der Waals surface area contributed by atoms with Crippen LogP contribution in [-0.2, 0) is 19.2 Å². The van der Waals surface area contributed by atoms with Crippen LogP contribution >= 0.6 is 23.2 Å². The highest BCUT2D eigenvalue weighted by Crippen LogP contribution is 2.42. The number of ketones is 1. The highest BCUT2D eigenvalue weighted by atomic mass is 35.5. The number of benzene rings is 1. The Bertz CT molecular complexity index is 1010. The number of amides is 3. The number of ether oxygens (including phenoxy) is 1. The van der Waals surface area contributed by atoms with Crippen molar-refractivity contribution in [3.63, 3.8) is 0 Å². The molecule has 8 nitrogen and oxygen atoms in total. The summed E-state index contributed by atoms with van der Waals surface area (Å²) in [4.78, 5) is 52.2. The van der Waals surface area contributed by atoms with Crippen LogP contribution in [0.3, 0.4) is 0 Å². The summed E-state index contributed by atoms with van der Waals surface area (Å²) in [6, 6.07) is 2.75. The second-order valence-electron chi connectivity index (χ2n) is 9.38. The normalized spacial score (nSPS) is 26.3. The number of rotatable bonds is 9. The van der Waals surface area contributed by atoms with Gasteiger partial charge in [0.15, 0.2) is 12.4 Å². The molecule has 4 rings (SSSR count). The first-order valence-corrected chi connectivity index (χ1v) is 12.6. The summed E-state index contributed by atoms with van der Waals surface area (Å²) in [6.45, 7) is -0.666. The Morgan fingerprint density at radius 1 is 1.23 bits per heavy atom. The first-order valence-electron chi connectivity index (χ1n) is 11.8. The van der Waals surface area contributed by atoms with Crippen molar-refractivity contribution < 1.29 is 28.3 Å². The zero-order valence-electron chi connectivity index (χ0n) is 19.1. The summed E-state index contributed by atoms with van der Waals surface area (Å²) in [6.07, 6.45) is 3.19. The third-order valence-electron chi connectivity index (χ3n) is 7.24. The predicted molar refractivity (Wildman–Crippen MR) is 127 cm³/mol. The molecule has 2 aliphatic heterocycles. The van der Waals surface area contributed by atoms with E-state index < -0.39 is 36.4 Å². The van der Waals surface area contributed by atoms with Gasteiger partial charge in [-0.2, -0.15) is 0 Å². The van der Waals surface area contributed by atoms with Gasteiger partial charge in [0.1, 0.15) is 18.5 Å². The number of alkyl halides is 1. The third-order valence-corrected chi connectivity index (χ3v) is 7.77. The van der Waals surface area contributed by atoms with Crippen LogP contribution in [0.5, 0.6) is 5.75 Å². The summed E-state index contributed by atoms with van der Waals surface area (Å²) in [7, 11) is 0. The first-order chi connectivity index (χ1) is 16.8. The van der Waals surface area contributed by atoms with E-state index in [0.717, 1.165) is 19.3 Å². The summed E-state index contributed by atoms with van der Waals surface area (Å²) in [5, 5.41) is 6.05. The van der Waals surface area contributed by atoms with Crippen molar-refractivity contribution in [2.24, 2.45) is 17.8 Å². The highest BCUT2D eigenvalue weighted by Gasteiger charge is 2.50. The van der Waals surface area contributed by atoms with Crippen molar-refractivity contribution in [3.8, 4) is 5.75 Å². The summed E-state index contributed by atoms with van der Waals surface area (Å²) in [5.41, 5.74) is 0. The number of fused-ring (bicyclic) bond motifs is 1. The van der Waals surface area contributed by atoms with Crippen molar-refractivity contribution in [1.29, 1.82) is 0 Å². The molecule has 35 heavy (non-hydrogen) atoms. The molecule has 190 valence electrons. The Kier molecular flexibility index (Phi) is 8.16.